The summed E-state index contributed by atoms with van der Waals surface area (Å²) in [6, 6.07) is 73.2. The molecule has 0 fully saturated rings. The highest BCUT2D eigenvalue weighted by atomic mass is 14.4. The number of hydrogen-bond acceptors (Lipinski definition) is 0. The largest absolute Gasteiger partial charge is 0.0622 e. The van der Waals surface area contributed by atoms with Crippen LogP contribution in [0.25, 0.3) is 120 Å². The normalized spacial score (nSPS) is 13.2. The lowest BCUT2D eigenvalue weighted by atomic mass is 9.80. The lowest BCUT2D eigenvalue weighted by Crippen LogP contribution is -2.15. The average molecular weight is 801 g/mol. The molecule has 0 nitrogen and oxygen atoms in total. The molecule has 0 unspecified atom stereocenters. The van der Waals surface area contributed by atoms with E-state index in [4.69, 9.17) is 0 Å². The van der Waals surface area contributed by atoms with Crippen molar-refractivity contribution in [1.82, 2.24) is 0 Å². The molecular formula is C63H44. The third kappa shape index (κ3) is 5.22. The minimum Gasteiger partial charge on any atom is -0.0622 e. The fraction of sp³-hybridized carbons (Fsp3) is 0.0794. The van der Waals surface area contributed by atoms with Gasteiger partial charge in [-0.2, -0.15) is 0 Å². The zero-order valence-corrected chi connectivity index (χ0v) is 36.0. The smallest absolute Gasteiger partial charge is 0.0159 e. The lowest BCUT2D eigenvalue weighted by molar-refractivity contribution is 0.661. The first-order valence-corrected chi connectivity index (χ1v) is 22.3. The lowest BCUT2D eigenvalue weighted by Gasteiger charge is -2.23. The van der Waals surface area contributed by atoms with E-state index in [-0.39, 0.29) is 5.41 Å². The van der Waals surface area contributed by atoms with Crippen LogP contribution in [0.2, 0.25) is 0 Å². The molecule has 0 saturated carbocycles. The second kappa shape index (κ2) is 13.2. The van der Waals surface area contributed by atoms with Crippen LogP contribution >= 0.6 is 0 Å². The second-order valence-electron chi connectivity index (χ2n) is 18.5. The van der Waals surface area contributed by atoms with Gasteiger partial charge in [0.15, 0.2) is 0 Å². The molecule has 1 aliphatic rings. The van der Waals surface area contributed by atoms with Crippen molar-refractivity contribution in [2.45, 2.75) is 33.1 Å². The molecular weight excluding hydrogens is 757 g/mol. The summed E-state index contributed by atoms with van der Waals surface area (Å²) in [7, 11) is 0. The van der Waals surface area contributed by atoms with Crippen molar-refractivity contribution in [1.29, 1.82) is 0 Å². The molecule has 0 aliphatic heterocycles. The van der Waals surface area contributed by atoms with Crippen molar-refractivity contribution in [2.24, 2.45) is 0 Å². The van der Waals surface area contributed by atoms with E-state index in [9.17, 15) is 0 Å². The maximum Gasteiger partial charge on any atom is 0.0159 e. The first kappa shape index (κ1) is 36.1. The van der Waals surface area contributed by atoms with Crippen LogP contribution in [0, 0.1) is 13.8 Å². The van der Waals surface area contributed by atoms with Crippen molar-refractivity contribution in [2.75, 3.05) is 0 Å². The summed E-state index contributed by atoms with van der Waals surface area (Å²) in [4.78, 5) is 0. The minimum atomic E-state index is -0.143. The van der Waals surface area contributed by atoms with Crippen molar-refractivity contribution in [3.8, 4) is 55.6 Å². The van der Waals surface area contributed by atoms with E-state index < -0.39 is 0 Å². The quantitative estimate of drug-likeness (QED) is 0.156. The van der Waals surface area contributed by atoms with Crippen LogP contribution in [0.1, 0.15) is 36.1 Å². The standard InChI is InChI=1S/C63H44/c1-37-31-45(47-27-22-41-23-29-53-46(26-21-40-24-30-54(47)62(41)61(40)53)43-16-12-15-42(33-43)39-13-6-5-7-14-39)32-38(2)60(37)44-25-28-52-57-35-55-50-19-10-8-17-48(50)49-18-9-11-20-51(49)56(55)36-59(57)63(3,4)58(52)34-44/h5-36H,1-4H3. The van der Waals surface area contributed by atoms with Gasteiger partial charge in [-0.05, 0) is 181 Å². The van der Waals surface area contributed by atoms with Crippen LogP contribution < -0.4 is 0 Å². The van der Waals surface area contributed by atoms with Crippen molar-refractivity contribution in [3.05, 3.63) is 216 Å². The van der Waals surface area contributed by atoms with E-state index in [0.717, 1.165) is 0 Å². The summed E-state index contributed by atoms with van der Waals surface area (Å²) in [5.74, 6) is 0. The minimum absolute atomic E-state index is 0.143. The highest BCUT2D eigenvalue weighted by Crippen LogP contribution is 2.53. The molecule has 0 N–H and O–H groups in total. The van der Waals surface area contributed by atoms with Gasteiger partial charge in [-0.3, -0.25) is 0 Å². The number of aryl methyl sites for hydroxylation is 2. The van der Waals surface area contributed by atoms with Crippen molar-refractivity contribution >= 4 is 64.6 Å². The number of rotatable bonds is 4. The third-order valence-corrected chi connectivity index (χ3v) is 14.6. The van der Waals surface area contributed by atoms with Crippen molar-refractivity contribution < 1.29 is 0 Å². The van der Waals surface area contributed by atoms with Crippen LogP contribution in [0.4, 0.5) is 0 Å². The predicted octanol–water partition coefficient (Wildman–Crippen LogP) is 17.6. The van der Waals surface area contributed by atoms with E-state index >= 15 is 0 Å². The summed E-state index contributed by atoms with van der Waals surface area (Å²) in [6.45, 7) is 9.43. The van der Waals surface area contributed by atoms with Gasteiger partial charge >= 0.3 is 0 Å². The van der Waals surface area contributed by atoms with Gasteiger partial charge < -0.3 is 0 Å². The van der Waals surface area contributed by atoms with Crippen LogP contribution in [-0.4, -0.2) is 0 Å². The molecule has 13 rings (SSSR count). The Balaban J connectivity index is 0.917. The highest BCUT2D eigenvalue weighted by Gasteiger charge is 2.36. The SMILES string of the molecule is Cc1cc(-c2ccc3ccc4c(-c5cccc(-c6ccccc6)c5)ccc5ccc2c3c54)cc(C)c1-c1ccc2c(c1)C(C)(C)c1cc3c4ccccc4c4ccccc4c3cc1-2. The Hall–Kier alpha value is -7.54. The van der Waals surface area contributed by atoms with Crippen LogP contribution in [-0.2, 0) is 5.41 Å². The molecule has 0 aromatic heterocycles. The molecule has 0 spiro atoms. The zero-order valence-electron chi connectivity index (χ0n) is 36.0. The second-order valence-corrected chi connectivity index (χ2v) is 18.5. The van der Waals surface area contributed by atoms with E-state index in [0.29, 0.717) is 0 Å². The first-order chi connectivity index (χ1) is 30.8. The zero-order chi connectivity index (χ0) is 42.1. The molecule has 0 saturated heterocycles. The van der Waals surface area contributed by atoms with Gasteiger partial charge in [0.25, 0.3) is 0 Å². The monoisotopic (exact) mass is 800 g/mol. The number of hydrogen-bond donors (Lipinski definition) is 0. The number of benzene rings is 12. The first-order valence-electron chi connectivity index (χ1n) is 22.3. The fourth-order valence-corrected chi connectivity index (χ4v) is 11.7. The summed E-state index contributed by atoms with van der Waals surface area (Å²) >= 11 is 0. The van der Waals surface area contributed by atoms with Crippen LogP contribution in [0.3, 0.4) is 0 Å². The van der Waals surface area contributed by atoms with E-state index in [1.807, 2.05) is 0 Å². The Bertz CT molecular complexity index is 3860. The van der Waals surface area contributed by atoms with Crippen LogP contribution in [0.5, 0.6) is 0 Å². The molecule has 0 heteroatoms. The Labute approximate surface area is 368 Å². The predicted molar refractivity (Wildman–Crippen MR) is 271 cm³/mol. The third-order valence-electron chi connectivity index (χ3n) is 14.6. The topological polar surface area (TPSA) is 0 Å². The van der Waals surface area contributed by atoms with Gasteiger partial charge in [0, 0.05) is 5.41 Å². The maximum absolute atomic E-state index is 2.51. The molecule has 0 heterocycles. The summed E-state index contributed by atoms with van der Waals surface area (Å²) in [6.07, 6.45) is 0. The molecule has 0 atom stereocenters. The van der Waals surface area contributed by atoms with E-state index in [1.54, 1.807) is 0 Å². The molecule has 0 radical (unpaired) electrons. The molecule has 1 aliphatic carbocycles. The molecule has 63 heavy (non-hydrogen) atoms. The van der Waals surface area contributed by atoms with Gasteiger partial charge in [-0.1, -0.05) is 184 Å². The van der Waals surface area contributed by atoms with Gasteiger partial charge in [0.1, 0.15) is 0 Å². The Kier molecular flexibility index (Phi) is 7.59. The summed E-state index contributed by atoms with van der Waals surface area (Å²) in [5.41, 5.74) is 18.1. The average Bonchev–Trinajstić information content (AvgIpc) is 3.54. The Morgan fingerprint density at radius 1 is 0.286 bits per heavy atom. The Morgan fingerprint density at radius 2 is 0.778 bits per heavy atom. The molecule has 12 aromatic rings. The molecule has 0 amide bonds. The Morgan fingerprint density at radius 3 is 1.41 bits per heavy atom. The fourth-order valence-electron chi connectivity index (χ4n) is 11.7. The van der Waals surface area contributed by atoms with Gasteiger partial charge in [-0.15, -0.1) is 0 Å². The summed E-state index contributed by atoms with van der Waals surface area (Å²) in [5, 5.41) is 15.8. The van der Waals surface area contributed by atoms with Gasteiger partial charge in [0.05, 0.1) is 0 Å². The maximum atomic E-state index is 2.51. The molecule has 12 aromatic carbocycles. The summed E-state index contributed by atoms with van der Waals surface area (Å²) < 4.78 is 0. The molecule has 0 bridgehead atoms. The molecule has 296 valence electrons. The van der Waals surface area contributed by atoms with Gasteiger partial charge in [-0.25, -0.2) is 0 Å². The highest BCUT2D eigenvalue weighted by molar-refractivity contribution is 6.28. The van der Waals surface area contributed by atoms with Crippen LogP contribution in [0.15, 0.2) is 194 Å². The van der Waals surface area contributed by atoms with Gasteiger partial charge in [0.2, 0.25) is 0 Å². The van der Waals surface area contributed by atoms with Crippen molar-refractivity contribution in [3.63, 3.8) is 0 Å². The number of fused-ring (bicyclic) bond motifs is 9. The van der Waals surface area contributed by atoms with E-state index in [1.165, 1.54) is 143 Å². The van der Waals surface area contributed by atoms with E-state index in [2.05, 4.69) is 222 Å².